The Morgan fingerprint density at radius 1 is 1.11 bits per heavy atom. The molecule has 1 atom stereocenters. The number of hydrogen-bond donors (Lipinski definition) is 0. The van der Waals surface area contributed by atoms with Gasteiger partial charge in [-0.2, -0.15) is 0 Å². The van der Waals surface area contributed by atoms with Crippen molar-refractivity contribution in [3.63, 3.8) is 0 Å². The standard InChI is InChI=1S/C26H37ClN2O6/c1-17-20(14-21(23(27)28-17)33-13-9-12-32-8)34-16-22(25(2,3)4)29-11-10-19(30)18(15-29)24(31)35-26(5,6)7/h10-11,14-15,22H,9,12-13,16H2,1-8H3/t22-/m0/s1. The van der Waals surface area contributed by atoms with Gasteiger partial charge in [0.05, 0.1) is 18.3 Å². The van der Waals surface area contributed by atoms with Crippen LogP contribution in [0, 0.1) is 12.3 Å². The lowest BCUT2D eigenvalue weighted by Gasteiger charge is -2.33. The number of pyridine rings is 2. The van der Waals surface area contributed by atoms with Gasteiger partial charge in [-0.3, -0.25) is 4.79 Å². The predicted octanol–water partition coefficient (Wildman–Crippen LogP) is 5.24. The summed E-state index contributed by atoms with van der Waals surface area (Å²) in [6.45, 7) is 14.5. The maximum Gasteiger partial charge on any atom is 0.344 e. The summed E-state index contributed by atoms with van der Waals surface area (Å²) in [5.74, 6) is 0.323. The van der Waals surface area contributed by atoms with E-state index < -0.39 is 17.0 Å². The summed E-state index contributed by atoms with van der Waals surface area (Å²) in [7, 11) is 1.64. The summed E-state index contributed by atoms with van der Waals surface area (Å²) in [5, 5.41) is 0.266. The van der Waals surface area contributed by atoms with E-state index in [0.717, 1.165) is 6.42 Å². The number of esters is 1. The minimum Gasteiger partial charge on any atom is -0.490 e. The van der Waals surface area contributed by atoms with Gasteiger partial charge in [-0.15, -0.1) is 0 Å². The number of nitrogens with zero attached hydrogens (tertiary/aromatic N) is 2. The zero-order chi connectivity index (χ0) is 26.4. The highest BCUT2D eigenvalue weighted by molar-refractivity contribution is 6.30. The molecule has 9 heteroatoms. The van der Waals surface area contributed by atoms with E-state index >= 15 is 0 Å². The Hall–Kier alpha value is -2.58. The number of ether oxygens (including phenoxy) is 4. The van der Waals surface area contributed by atoms with E-state index in [1.165, 1.54) is 12.3 Å². The lowest BCUT2D eigenvalue weighted by molar-refractivity contribution is 0.00660. The summed E-state index contributed by atoms with van der Waals surface area (Å²) in [4.78, 5) is 29.4. The van der Waals surface area contributed by atoms with E-state index in [4.69, 9.17) is 30.5 Å². The fourth-order valence-corrected chi connectivity index (χ4v) is 3.54. The molecule has 0 fully saturated rings. The predicted molar refractivity (Wildman–Crippen MR) is 136 cm³/mol. The SMILES string of the molecule is COCCCOc1cc(OC[C@H](n2ccc(=O)c(C(=O)OC(C)(C)C)c2)C(C)(C)C)c(C)nc1Cl. The van der Waals surface area contributed by atoms with Gasteiger partial charge in [0, 0.05) is 44.7 Å². The molecule has 35 heavy (non-hydrogen) atoms. The number of carbonyl (C=O) groups is 1. The second-order valence-electron chi connectivity index (χ2n) is 10.4. The largest absolute Gasteiger partial charge is 0.490 e. The number of carbonyl (C=O) groups excluding carboxylic acids is 1. The van der Waals surface area contributed by atoms with Crippen LogP contribution in [0.25, 0.3) is 0 Å². The summed E-state index contributed by atoms with van der Waals surface area (Å²) in [6, 6.07) is 2.89. The highest BCUT2D eigenvalue weighted by Crippen LogP contribution is 2.34. The molecule has 2 heterocycles. The molecule has 194 valence electrons. The van der Waals surface area contributed by atoms with Crippen LogP contribution in [0.15, 0.2) is 29.3 Å². The van der Waals surface area contributed by atoms with Crippen LogP contribution in [0.1, 0.15) is 70.1 Å². The maximum atomic E-state index is 12.6. The van der Waals surface area contributed by atoms with Crippen molar-refractivity contribution in [2.24, 2.45) is 5.41 Å². The van der Waals surface area contributed by atoms with Crippen LogP contribution in [0.2, 0.25) is 5.15 Å². The first-order chi connectivity index (χ1) is 16.2. The number of aromatic nitrogens is 2. The van der Waals surface area contributed by atoms with Crippen LogP contribution >= 0.6 is 11.6 Å². The van der Waals surface area contributed by atoms with Crippen LogP contribution in [0.3, 0.4) is 0 Å². The van der Waals surface area contributed by atoms with Crippen molar-refractivity contribution in [3.05, 3.63) is 51.2 Å². The van der Waals surface area contributed by atoms with Crippen molar-refractivity contribution < 1.29 is 23.7 Å². The normalized spacial score (nSPS) is 12.8. The number of hydrogen-bond acceptors (Lipinski definition) is 7. The minimum absolute atomic E-state index is 0.0206. The van der Waals surface area contributed by atoms with Gasteiger partial charge in [0.2, 0.25) is 0 Å². The Kier molecular flexibility index (Phi) is 9.75. The fourth-order valence-electron chi connectivity index (χ4n) is 3.30. The smallest absolute Gasteiger partial charge is 0.344 e. The molecule has 0 unspecified atom stereocenters. The minimum atomic E-state index is -0.709. The third-order valence-corrected chi connectivity index (χ3v) is 5.43. The van der Waals surface area contributed by atoms with Gasteiger partial charge in [0.25, 0.3) is 0 Å². The monoisotopic (exact) mass is 508 g/mol. The average Bonchev–Trinajstić information content (AvgIpc) is 2.72. The molecular formula is C26H37ClN2O6. The molecule has 0 aromatic carbocycles. The first-order valence-electron chi connectivity index (χ1n) is 11.6. The number of halogens is 1. The zero-order valence-corrected chi connectivity index (χ0v) is 22.7. The summed E-state index contributed by atoms with van der Waals surface area (Å²) >= 11 is 6.25. The first kappa shape index (κ1) is 28.7. The molecule has 8 nitrogen and oxygen atoms in total. The molecule has 0 N–H and O–H groups in total. The molecule has 0 amide bonds. The summed E-state index contributed by atoms with van der Waals surface area (Å²) in [5.41, 5.74) is -0.765. The van der Waals surface area contributed by atoms with Gasteiger partial charge in [0.15, 0.2) is 16.3 Å². The molecule has 0 saturated heterocycles. The Bertz CT molecular complexity index is 1070. The second-order valence-corrected chi connectivity index (χ2v) is 10.8. The molecule has 2 aromatic heterocycles. The molecule has 0 saturated carbocycles. The molecule has 0 radical (unpaired) electrons. The molecule has 0 aliphatic rings. The van der Waals surface area contributed by atoms with Crippen molar-refractivity contribution in [2.75, 3.05) is 26.9 Å². The van der Waals surface area contributed by atoms with Crippen LogP contribution in [0.5, 0.6) is 11.5 Å². The molecule has 2 aromatic rings. The van der Waals surface area contributed by atoms with Crippen molar-refractivity contribution in [3.8, 4) is 11.5 Å². The zero-order valence-electron chi connectivity index (χ0n) is 21.9. The second kappa shape index (κ2) is 11.9. The van der Waals surface area contributed by atoms with E-state index in [2.05, 4.69) is 25.8 Å². The Balaban J connectivity index is 2.29. The third kappa shape index (κ3) is 8.54. The fraction of sp³-hybridized carbons (Fsp3) is 0.577. The van der Waals surface area contributed by atoms with Crippen LogP contribution < -0.4 is 14.9 Å². The highest BCUT2D eigenvalue weighted by atomic mass is 35.5. The Labute approximate surface area is 212 Å². The Morgan fingerprint density at radius 3 is 2.40 bits per heavy atom. The van der Waals surface area contributed by atoms with E-state index in [9.17, 15) is 9.59 Å². The van der Waals surface area contributed by atoms with Gasteiger partial charge in [-0.25, -0.2) is 9.78 Å². The van der Waals surface area contributed by atoms with Gasteiger partial charge >= 0.3 is 5.97 Å². The molecule has 2 rings (SSSR count). The van der Waals surface area contributed by atoms with Crippen molar-refractivity contribution in [1.82, 2.24) is 9.55 Å². The van der Waals surface area contributed by atoms with E-state index in [1.54, 1.807) is 40.1 Å². The molecule has 0 spiro atoms. The quantitative estimate of drug-likeness (QED) is 0.246. The number of aryl methyl sites for hydroxylation is 1. The highest BCUT2D eigenvalue weighted by Gasteiger charge is 2.29. The van der Waals surface area contributed by atoms with E-state index in [-0.39, 0.29) is 28.8 Å². The lowest BCUT2D eigenvalue weighted by atomic mass is 9.87. The number of methoxy groups -OCH3 is 1. The van der Waals surface area contributed by atoms with Crippen LogP contribution in [-0.2, 0) is 9.47 Å². The summed E-state index contributed by atoms with van der Waals surface area (Å²) < 4.78 is 24.2. The van der Waals surface area contributed by atoms with Crippen molar-refractivity contribution in [1.29, 1.82) is 0 Å². The third-order valence-electron chi connectivity index (χ3n) is 5.16. The maximum absolute atomic E-state index is 12.6. The van der Waals surface area contributed by atoms with Crippen molar-refractivity contribution in [2.45, 2.75) is 66.5 Å². The number of rotatable bonds is 10. The van der Waals surface area contributed by atoms with Crippen molar-refractivity contribution >= 4 is 17.6 Å². The topological polar surface area (TPSA) is 88.9 Å². The van der Waals surface area contributed by atoms with Gasteiger partial charge in [-0.1, -0.05) is 32.4 Å². The van der Waals surface area contributed by atoms with E-state index in [0.29, 0.717) is 30.4 Å². The first-order valence-corrected chi connectivity index (χ1v) is 12.0. The van der Waals surface area contributed by atoms with Gasteiger partial charge in [0.1, 0.15) is 23.5 Å². The molecular weight excluding hydrogens is 472 g/mol. The molecule has 0 aliphatic heterocycles. The lowest BCUT2D eigenvalue weighted by Crippen LogP contribution is -2.32. The van der Waals surface area contributed by atoms with Crippen LogP contribution in [0.4, 0.5) is 0 Å². The van der Waals surface area contributed by atoms with E-state index in [1.807, 2.05) is 11.5 Å². The average molecular weight is 509 g/mol. The molecule has 0 bridgehead atoms. The Morgan fingerprint density at radius 2 is 1.80 bits per heavy atom. The van der Waals surface area contributed by atoms with Gasteiger partial charge in [-0.05, 0) is 33.1 Å². The molecule has 0 aliphatic carbocycles. The van der Waals surface area contributed by atoms with Gasteiger partial charge < -0.3 is 23.5 Å². The van der Waals surface area contributed by atoms with Crippen LogP contribution in [-0.4, -0.2) is 48.1 Å². The summed E-state index contributed by atoms with van der Waals surface area (Å²) in [6.07, 6.45) is 3.91.